The second kappa shape index (κ2) is 21.4. The van der Waals surface area contributed by atoms with Gasteiger partial charge in [-0.25, -0.2) is 19.2 Å². The average Bonchev–Trinajstić information content (AvgIpc) is 3.02. The molecule has 0 radical (unpaired) electrons. The predicted molar refractivity (Wildman–Crippen MR) is 196 cm³/mol. The Kier molecular flexibility index (Phi) is 18.8. The van der Waals surface area contributed by atoms with E-state index in [0.29, 0.717) is 0 Å². The normalized spacial score (nSPS) is 19.7. The van der Waals surface area contributed by atoms with E-state index in [-0.39, 0.29) is 6.42 Å². The Morgan fingerprint density at radius 3 is 1.02 bits per heavy atom. The lowest BCUT2D eigenvalue weighted by molar-refractivity contribution is -0.253. The van der Waals surface area contributed by atoms with Crippen molar-refractivity contribution in [2.45, 2.75) is 149 Å². The predicted octanol–water partition coefficient (Wildman–Crippen LogP) is 2.54. The van der Waals surface area contributed by atoms with Gasteiger partial charge in [-0.15, -0.1) is 0 Å². The summed E-state index contributed by atoms with van der Waals surface area (Å²) < 4.78 is 49.0. The van der Waals surface area contributed by atoms with Crippen molar-refractivity contribution in [2.24, 2.45) is 0 Å². The lowest BCUT2D eigenvalue weighted by Crippen LogP contribution is -2.63. The molecule has 1 aliphatic rings. The number of hydrogen-bond acceptors (Lipinski definition) is 17. The van der Waals surface area contributed by atoms with E-state index < -0.39 is 134 Å². The molecule has 0 aromatic carbocycles. The van der Waals surface area contributed by atoms with Crippen molar-refractivity contribution in [3.05, 3.63) is 0 Å². The summed E-state index contributed by atoms with van der Waals surface area (Å²) in [5.74, 6) is -4.24. The van der Waals surface area contributed by atoms with Crippen LogP contribution < -0.4 is 21.3 Å². The van der Waals surface area contributed by atoms with Crippen LogP contribution in [0.15, 0.2) is 0 Å². The number of alkyl carbamates (subject to hydrolysis) is 4. The second-order valence-electron chi connectivity index (χ2n) is 16.6. The Bertz CT molecular complexity index is 1430. The molecule has 1 saturated heterocycles. The Morgan fingerprint density at radius 2 is 0.719 bits per heavy atom. The molecule has 0 aromatic rings. The zero-order chi connectivity index (χ0) is 43.9. The summed E-state index contributed by atoms with van der Waals surface area (Å²) in [6.45, 7) is 17.4. The smallest absolute Gasteiger partial charge is 0.408 e. The fourth-order valence-electron chi connectivity index (χ4n) is 4.51. The van der Waals surface area contributed by atoms with Crippen LogP contribution in [0.25, 0.3) is 0 Å². The minimum atomic E-state index is -1.71. The molecule has 0 aliphatic carbocycles. The fourth-order valence-corrected chi connectivity index (χ4v) is 4.51. The summed E-state index contributed by atoms with van der Waals surface area (Å²) in [6, 6.07) is 0. The molecule has 1 fully saturated rings. The number of hydrogen-bond donors (Lipinski definition) is 4. The fraction of sp³-hybridized carbons (Fsp3) is 0.778. The summed E-state index contributed by atoms with van der Waals surface area (Å²) >= 11 is 0. The lowest BCUT2D eigenvalue weighted by Gasteiger charge is -2.44. The van der Waals surface area contributed by atoms with Gasteiger partial charge in [-0.2, -0.15) is 0 Å². The highest BCUT2D eigenvalue weighted by atomic mass is 16.7. The van der Waals surface area contributed by atoms with Crippen molar-refractivity contribution in [1.82, 2.24) is 21.3 Å². The monoisotopic (exact) mass is 820 g/mol. The van der Waals surface area contributed by atoms with E-state index in [0.717, 1.165) is 0 Å². The average molecular weight is 821 g/mol. The van der Waals surface area contributed by atoms with E-state index in [1.54, 1.807) is 90.0 Å². The van der Waals surface area contributed by atoms with Gasteiger partial charge in [0.15, 0.2) is 18.3 Å². The van der Waals surface area contributed by atoms with Gasteiger partial charge in [-0.05, 0) is 89.5 Å². The van der Waals surface area contributed by atoms with Gasteiger partial charge in [0, 0.05) is 0 Å². The minimum Gasteiger partial charge on any atom is -0.461 e. The number of rotatable bonds is 14. The van der Waals surface area contributed by atoms with Crippen molar-refractivity contribution in [1.29, 1.82) is 0 Å². The Hall–Kier alpha value is -5.08. The van der Waals surface area contributed by atoms with E-state index in [1.807, 2.05) is 0 Å². The Morgan fingerprint density at radius 1 is 0.439 bits per heavy atom. The van der Waals surface area contributed by atoms with Gasteiger partial charge in [0.1, 0.15) is 61.3 Å². The summed E-state index contributed by atoms with van der Waals surface area (Å²) in [7, 11) is 0. The molecular weight excluding hydrogens is 760 g/mol. The van der Waals surface area contributed by atoms with E-state index in [1.165, 1.54) is 0 Å². The molecule has 1 heterocycles. The van der Waals surface area contributed by atoms with Crippen LogP contribution in [0.1, 0.15) is 96.4 Å². The van der Waals surface area contributed by atoms with Crippen LogP contribution in [-0.4, -0.2) is 134 Å². The van der Waals surface area contributed by atoms with Crippen LogP contribution in [0.5, 0.6) is 0 Å². The molecule has 0 bridgehead atoms. The van der Waals surface area contributed by atoms with Crippen LogP contribution in [0.2, 0.25) is 0 Å². The number of carbonyl (C=O) groups is 8. The summed E-state index contributed by atoms with van der Waals surface area (Å²) in [5, 5.41) is 8.96. The Balaban J connectivity index is 3.48. The molecule has 21 nitrogen and oxygen atoms in total. The van der Waals surface area contributed by atoms with Crippen molar-refractivity contribution < 1.29 is 81.0 Å². The highest BCUT2D eigenvalue weighted by Gasteiger charge is 2.52. The van der Waals surface area contributed by atoms with Crippen LogP contribution in [0.4, 0.5) is 19.2 Å². The molecule has 21 heteroatoms. The quantitative estimate of drug-likeness (QED) is 0.145. The van der Waals surface area contributed by atoms with Crippen LogP contribution in [0, 0.1) is 0 Å². The summed E-state index contributed by atoms with van der Waals surface area (Å²) in [5.41, 5.74) is -3.55. The SMILES string of the molecule is CC[C@@H]1O[C@H](COC(=O)CNC(=O)OC(C)(C)C)[C@@H](OC(=O)CNC(=O)OC(C)(C)C)[C@H](OC(=O)CNC(=O)OC(C)(C)C)[C@H]1OC(=O)CNC(=O)OC(C)(C)C. The third-order valence-corrected chi connectivity index (χ3v) is 6.45. The third kappa shape index (κ3) is 22.3. The molecule has 1 aliphatic heterocycles. The van der Waals surface area contributed by atoms with Crippen LogP contribution in [0.3, 0.4) is 0 Å². The second-order valence-corrected chi connectivity index (χ2v) is 16.6. The van der Waals surface area contributed by atoms with Gasteiger partial charge in [-0.1, -0.05) is 6.92 Å². The Labute approximate surface area is 332 Å². The largest absolute Gasteiger partial charge is 0.461 e. The summed E-state index contributed by atoms with van der Waals surface area (Å²) in [4.78, 5) is 101. The molecule has 0 aromatic heterocycles. The zero-order valence-electron chi connectivity index (χ0n) is 35.1. The highest BCUT2D eigenvalue weighted by Crippen LogP contribution is 2.31. The molecule has 5 atom stereocenters. The van der Waals surface area contributed by atoms with Crippen molar-refractivity contribution in [2.75, 3.05) is 32.8 Å². The van der Waals surface area contributed by atoms with Gasteiger partial charge in [0.05, 0.1) is 6.10 Å². The standard InChI is InChI=1S/C36H60N4O17/c1-14-20-26(51-23(42)16-38-30(46)55-34(5,6)7)28(53-25(44)18-40-32(48)57-36(11,12)13)27(52-24(43)17-39-31(47)56-35(8,9)10)21(50-20)19-49-22(41)15-37-29(45)54-33(2,3)4/h20-21,26-28H,14-19H2,1-13H3,(H,37,45)(H,38,46)(H,39,47)(H,40,48)/t20-,21+,26-,27+,28+/m0/s1. The number of nitrogens with one attached hydrogen (secondary N) is 4. The van der Waals surface area contributed by atoms with E-state index >= 15 is 0 Å². The molecule has 326 valence electrons. The first-order valence-corrected chi connectivity index (χ1v) is 18.2. The molecule has 4 N–H and O–H groups in total. The van der Waals surface area contributed by atoms with Gasteiger partial charge >= 0.3 is 48.3 Å². The summed E-state index contributed by atoms with van der Waals surface area (Å²) in [6.07, 6.45) is -11.2. The van der Waals surface area contributed by atoms with Gasteiger partial charge < -0.3 is 63.9 Å². The van der Waals surface area contributed by atoms with Gasteiger partial charge in [0.2, 0.25) is 0 Å². The maximum atomic E-state index is 13.3. The molecule has 0 saturated carbocycles. The van der Waals surface area contributed by atoms with Crippen molar-refractivity contribution in [3.63, 3.8) is 0 Å². The van der Waals surface area contributed by atoms with Crippen molar-refractivity contribution in [3.8, 4) is 0 Å². The van der Waals surface area contributed by atoms with E-state index in [2.05, 4.69) is 21.3 Å². The first kappa shape index (κ1) is 49.9. The first-order chi connectivity index (χ1) is 26.0. The van der Waals surface area contributed by atoms with Crippen molar-refractivity contribution >= 4 is 48.3 Å². The van der Waals surface area contributed by atoms with Crippen LogP contribution in [-0.2, 0) is 61.8 Å². The third-order valence-electron chi connectivity index (χ3n) is 6.45. The highest BCUT2D eigenvalue weighted by molar-refractivity contribution is 5.80. The topological polar surface area (TPSA) is 268 Å². The van der Waals surface area contributed by atoms with Gasteiger partial charge in [-0.3, -0.25) is 19.2 Å². The minimum absolute atomic E-state index is 0.0765. The maximum absolute atomic E-state index is 13.3. The van der Waals surface area contributed by atoms with E-state index in [4.69, 9.17) is 42.6 Å². The van der Waals surface area contributed by atoms with Gasteiger partial charge in [0.25, 0.3) is 0 Å². The first-order valence-electron chi connectivity index (χ1n) is 18.2. The molecule has 4 amide bonds. The number of ether oxygens (including phenoxy) is 9. The molecular formula is C36H60N4O17. The maximum Gasteiger partial charge on any atom is 0.408 e. The zero-order valence-corrected chi connectivity index (χ0v) is 35.1. The molecule has 0 unspecified atom stereocenters. The molecule has 0 spiro atoms. The molecule has 57 heavy (non-hydrogen) atoms. The number of esters is 4. The lowest BCUT2D eigenvalue weighted by atomic mass is 9.93. The van der Waals surface area contributed by atoms with Crippen LogP contribution >= 0.6 is 0 Å². The molecule has 1 rings (SSSR count). The number of carbonyl (C=O) groups excluding carboxylic acids is 8. The van der Waals surface area contributed by atoms with E-state index in [9.17, 15) is 38.4 Å². The number of amides is 4.